The highest BCUT2D eigenvalue weighted by Crippen LogP contribution is 2.19. The second-order valence-electron chi connectivity index (χ2n) is 6.93. The van der Waals surface area contributed by atoms with Crippen LogP contribution in [0, 0.1) is 5.82 Å². The lowest BCUT2D eigenvalue weighted by atomic mass is 10.1. The summed E-state index contributed by atoms with van der Waals surface area (Å²) < 4.78 is 21.8. The highest BCUT2D eigenvalue weighted by atomic mass is 79.9. The van der Waals surface area contributed by atoms with Gasteiger partial charge in [0.15, 0.2) is 6.61 Å². The number of amides is 1. The van der Waals surface area contributed by atoms with Gasteiger partial charge in [-0.1, -0.05) is 34.1 Å². The Morgan fingerprint density at radius 1 is 1.10 bits per heavy atom. The minimum atomic E-state index is -0.346. The SMILES string of the molecule is O=C(COc1ccc(Br)cc1)N/N=C/c1ccc2c(ccn2Cc2cccc(F)c2)c1. The van der Waals surface area contributed by atoms with Gasteiger partial charge in [0.25, 0.3) is 5.91 Å². The molecule has 0 aliphatic carbocycles. The molecule has 0 bridgehead atoms. The van der Waals surface area contributed by atoms with E-state index < -0.39 is 0 Å². The van der Waals surface area contributed by atoms with E-state index in [1.165, 1.54) is 12.1 Å². The van der Waals surface area contributed by atoms with Gasteiger partial charge in [-0.25, -0.2) is 9.82 Å². The van der Waals surface area contributed by atoms with Crippen molar-refractivity contribution in [1.82, 2.24) is 9.99 Å². The first kappa shape index (κ1) is 20.8. The number of nitrogens with zero attached hydrogens (tertiary/aromatic N) is 2. The standard InChI is InChI=1S/C24H19BrFN3O2/c25-20-5-7-22(8-6-20)31-16-24(30)28-27-14-17-4-9-23-19(12-17)10-11-29(23)15-18-2-1-3-21(26)13-18/h1-14H,15-16H2,(H,28,30)/b27-14+. The second-order valence-corrected chi connectivity index (χ2v) is 7.84. The van der Waals surface area contributed by atoms with Gasteiger partial charge in [0.2, 0.25) is 0 Å². The Labute approximate surface area is 187 Å². The summed E-state index contributed by atoms with van der Waals surface area (Å²) in [5.74, 6) is 0.0220. The van der Waals surface area contributed by atoms with Gasteiger partial charge in [0.05, 0.1) is 6.21 Å². The molecule has 1 heterocycles. The van der Waals surface area contributed by atoms with E-state index in [0.29, 0.717) is 12.3 Å². The fourth-order valence-electron chi connectivity index (χ4n) is 3.16. The van der Waals surface area contributed by atoms with E-state index in [-0.39, 0.29) is 18.3 Å². The van der Waals surface area contributed by atoms with Gasteiger partial charge in [-0.2, -0.15) is 5.10 Å². The third-order valence-corrected chi connectivity index (χ3v) is 5.15. The molecule has 0 saturated carbocycles. The fourth-order valence-corrected chi connectivity index (χ4v) is 3.42. The van der Waals surface area contributed by atoms with E-state index in [9.17, 15) is 9.18 Å². The van der Waals surface area contributed by atoms with Gasteiger partial charge >= 0.3 is 0 Å². The number of carbonyl (C=O) groups is 1. The van der Waals surface area contributed by atoms with Crippen LogP contribution in [0.25, 0.3) is 10.9 Å². The molecule has 3 aromatic carbocycles. The van der Waals surface area contributed by atoms with Gasteiger partial charge in [-0.3, -0.25) is 4.79 Å². The number of halogens is 2. The van der Waals surface area contributed by atoms with Crippen LogP contribution in [0.5, 0.6) is 5.75 Å². The van der Waals surface area contributed by atoms with Crippen molar-refractivity contribution < 1.29 is 13.9 Å². The van der Waals surface area contributed by atoms with Gasteiger partial charge in [-0.15, -0.1) is 0 Å². The number of hydrogen-bond acceptors (Lipinski definition) is 3. The molecule has 0 spiro atoms. The van der Waals surface area contributed by atoms with Crippen molar-refractivity contribution >= 4 is 39.0 Å². The van der Waals surface area contributed by atoms with Crippen molar-refractivity contribution in [2.75, 3.05) is 6.61 Å². The maximum atomic E-state index is 13.4. The van der Waals surface area contributed by atoms with Crippen molar-refractivity contribution in [2.24, 2.45) is 5.10 Å². The summed E-state index contributed by atoms with van der Waals surface area (Å²) in [4.78, 5) is 11.9. The van der Waals surface area contributed by atoms with Crippen LogP contribution in [0.4, 0.5) is 4.39 Å². The minimum Gasteiger partial charge on any atom is -0.484 e. The lowest BCUT2D eigenvalue weighted by Crippen LogP contribution is -2.24. The number of fused-ring (bicyclic) bond motifs is 1. The smallest absolute Gasteiger partial charge is 0.277 e. The van der Waals surface area contributed by atoms with E-state index in [0.717, 1.165) is 26.5 Å². The van der Waals surface area contributed by atoms with Crippen LogP contribution in [-0.4, -0.2) is 23.3 Å². The second kappa shape index (κ2) is 9.57. The average Bonchev–Trinajstić information content (AvgIpc) is 3.15. The first-order valence-electron chi connectivity index (χ1n) is 9.60. The zero-order valence-electron chi connectivity index (χ0n) is 16.5. The molecule has 5 nitrogen and oxygen atoms in total. The summed E-state index contributed by atoms with van der Waals surface area (Å²) in [5, 5.41) is 5.03. The minimum absolute atomic E-state index is 0.124. The Morgan fingerprint density at radius 3 is 2.74 bits per heavy atom. The Balaban J connectivity index is 1.34. The van der Waals surface area contributed by atoms with Crippen LogP contribution in [0.15, 0.2) is 88.6 Å². The number of hydrazone groups is 1. The Hall–Kier alpha value is -3.45. The number of ether oxygens (including phenoxy) is 1. The monoisotopic (exact) mass is 479 g/mol. The average molecular weight is 480 g/mol. The zero-order chi connectivity index (χ0) is 21.6. The summed E-state index contributed by atoms with van der Waals surface area (Å²) in [6, 6.07) is 21.7. The molecular weight excluding hydrogens is 461 g/mol. The Bertz CT molecular complexity index is 1240. The van der Waals surface area contributed by atoms with Gasteiger partial charge in [0, 0.05) is 28.1 Å². The van der Waals surface area contributed by atoms with Crippen LogP contribution in [0.1, 0.15) is 11.1 Å². The topological polar surface area (TPSA) is 55.6 Å². The Kier molecular flexibility index (Phi) is 6.43. The summed E-state index contributed by atoms with van der Waals surface area (Å²) in [6.45, 7) is 0.462. The first-order chi connectivity index (χ1) is 15.1. The van der Waals surface area contributed by atoms with Crippen molar-refractivity contribution in [3.63, 3.8) is 0 Å². The molecule has 4 aromatic rings. The molecule has 0 unspecified atom stereocenters. The van der Waals surface area contributed by atoms with Gasteiger partial charge < -0.3 is 9.30 Å². The molecule has 1 N–H and O–H groups in total. The largest absolute Gasteiger partial charge is 0.484 e. The van der Waals surface area contributed by atoms with Gasteiger partial charge in [-0.05, 0) is 65.7 Å². The van der Waals surface area contributed by atoms with Crippen molar-refractivity contribution in [3.8, 4) is 5.75 Å². The molecule has 1 amide bonds. The quantitative estimate of drug-likeness (QED) is 0.295. The summed E-state index contributed by atoms with van der Waals surface area (Å²) >= 11 is 3.35. The molecular formula is C24H19BrFN3O2. The van der Waals surface area contributed by atoms with Crippen molar-refractivity contribution in [1.29, 1.82) is 0 Å². The Morgan fingerprint density at radius 2 is 1.94 bits per heavy atom. The van der Waals surface area contributed by atoms with E-state index in [1.54, 1.807) is 24.4 Å². The van der Waals surface area contributed by atoms with E-state index in [4.69, 9.17) is 4.74 Å². The van der Waals surface area contributed by atoms with Crippen LogP contribution in [-0.2, 0) is 11.3 Å². The first-order valence-corrected chi connectivity index (χ1v) is 10.4. The fraction of sp³-hybridized carbons (Fsp3) is 0.0833. The zero-order valence-corrected chi connectivity index (χ0v) is 18.0. The number of hydrogen-bond donors (Lipinski definition) is 1. The molecule has 0 radical (unpaired) electrons. The number of benzene rings is 3. The number of rotatable bonds is 7. The maximum absolute atomic E-state index is 13.4. The van der Waals surface area contributed by atoms with E-state index >= 15 is 0 Å². The van der Waals surface area contributed by atoms with Crippen LogP contribution >= 0.6 is 15.9 Å². The van der Waals surface area contributed by atoms with E-state index in [2.05, 4.69) is 31.0 Å². The lowest BCUT2D eigenvalue weighted by Gasteiger charge is -2.06. The highest BCUT2D eigenvalue weighted by Gasteiger charge is 2.04. The number of carbonyl (C=O) groups excluding carboxylic acids is 1. The maximum Gasteiger partial charge on any atom is 0.277 e. The van der Waals surface area contributed by atoms with E-state index in [1.807, 2.05) is 48.7 Å². The lowest BCUT2D eigenvalue weighted by molar-refractivity contribution is -0.123. The van der Waals surface area contributed by atoms with Crippen LogP contribution in [0.3, 0.4) is 0 Å². The van der Waals surface area contributed by atoms with Crippen LogP contribution in [0.2, 0.25) is 0 Å². The summed E-state index contributed by atoms with van der Waals surface area (Å²) in [7, 11) is 0. The molecule has 0 aliphatic heterocycles. The molecule has 0 fully saturated rings. The normalized spacial score (nSPS) is 11.2. The third kappa shape index (κ3) is 5.58. The molecule has 7 heteroatoms. The molecule has 156 valence electrons. The third-order valence-electron chi connectivity index (χ3n) is 4.62. The van der Waals surface area contributed by atoms with Crippen molar-refractivity contribution in [2.45, 2.75) is 6.54 Å². The highest BCUT2D eigenvalue weighted by molar-refractivity contribution is 9.10. The number of aromatic nitrogens is 1. The van der Waals surface area contributed by atoms with Crippen LogP contribution < -0.4 is 10.2 Å². The predicted octanol–water partition coefficient (Wildman–Crippen LogP) is 5.12. The summed E-state index contributed by atoms with van der Waals surface area (Å²) in [5.41, 5.74) is 5.25. The summed E-state index contributed by atoms with van der Waals surface area (Å²) in [6.07, 6.45) is 3.55. The van der Waals surface area contributed by atoms with Gasteiger partial charge in [0.1, 0.15) is 11.6 Å². The van der Waals surface area contributed by atoms with Crippen molar-refractivity contribution in [3.05, 3.63) is 100 Å². The molecule has 0 saturated heterocycles. The number of nitrogens with one attached hydrogen (secondary N) is 1. The molecule has 1 aromatic heterocycles. The molecule has 0 aliphatic rings. The predicted molar refractivity (Wildman–Crippen MR) is 123 cm³/mol. The molecule has 0 atom stereocenters. The molecule has 31 heavy (non-hydrogen) atoms. The molecule has 4 rings (SSSR count).